The lowest BCUT2D eigenvalue weighted by atomic mass is 10.2. The highest BCUT2D eigenvalue weighted by atomic mass is 35.5. The molecule has 5 nitrogen and oxygen atoms in total. The summed E-state index contributed by atoms with van der Waals surface area (Å²) >= 11 is 5.87. The predicted octanol–water partition coefficient (Wildman–Crippen LogP) is 3.45. The summed E-state index contributed by atoms with van der Waals surface area (Å²) in [5.74, 6) is -0.975. The van der Waals surface area contributed by atoms with E-state index in [1.165, 1.54) is 19.1 Å². The summed E-state index contributed by atoms with van der Waals surface area (Å²) in [5.41, 5.74) is 7.18. The Morgan fingerprint density at radius 3 is 2.75 bits per heavy atom. The fourth-order valence-electron chi connectivity index (χ4n) is 1.84. The maximum atomic E-state index is 13.7. The van der Waals surface area contributed by atoms with Crippen molar-refractivity contribution in [1.29, 1.82) is 0 Å². The highest BCUT2D eigenvalue weighted by molar-refractivity contribution is 6.31. The number of rotatable bonds is 5. The molecule has 0 saturated carbocycles. The van der Waals surface area contributed by atoms with Crippen LogP contribution in [0, 0.1) is 12.7 Å². The third kappa shape index (κ3) is 4.70. The van der Waals surface area contributed by atoms with Gasteiger partial charge < -0.3 is 15.9 Å². The van der Waals surface area contributed by atoms with Gasteiger partial charge in [0.1, 0.15) is 5.82 Å². The Hall–Kier alpha value is -2.60. The average Bonchev–Trinajstić information content (AvgIpc) is 2.54. The van der Waals surface area contributed by atoms with E-state index >= 15 is 0 Å². The zero-order valence-corrected chi connectivity index (χ0v) is 14.0. The van der Waals surface area contributed by atoms with Crippen LogP contribution in [-0.2, 0) is 9.63 Å². The number of anilines is 1. The van der Waals surface area contributed by atoms with E-state index in [1.54, 1.807) is 37.3 Å². The quantitative estimate of drug-likeness (QED) is 0.493. The molecule has 0 spiro atoms. The maximum absolute atomic E-state index is 13.7. The number of amides is 1. The van der Waals surface area contributed by atoms with E-state index in [1.807, 2.05) is 0 Å². The van der Waals surface area contributed by atoms with Crippen molar-refractivity contribution < 1.29 is 14.0 Å². The minimum absolute atomic E-state index is 0.0767. The fraction of sp³-hybridized carbons (Fsp3) is 0.176. The number of aryl methyl sites for hydroxylation is 1. The summed E-state index contributed by atoms with van der Waals surface area (Å²) in [4.78, 5) is 17.1. The van der Waals surface area contributed by atoms with E-state index in [0.29, 0.717) is 10.6 Å². The summed E-state index contributed by atoms with van der Waals surface area (Å²) in [5, 5.41) is 6.66. The summed E-state index contributed by atoms with van der Waals surface area (Å²) in [6.45, 7) is 3.24. The van der Waals surface area contributed by atoms with Crippen molar-refractivity contribution in [3.05, 3.63) is 64.4 Å². The Labute approximate surface area is 144 Å². The zero-order valence-electron chi connectivity index (χ0n) is 13.2. The molecule has 1 unspecified atom stereocenters. The first-order chi connectivity index (χ1) is 11.4. The third-order valence-corrected chi connectivity index (χ3v) is 3.42. The molecule has 0 aliphatic heterocycles. The Morgan fingerprint density at radius 1 is 1.33 bits per heavy atom. The van der Waals surface area contributed by atoms with E-state index < -0.39 is 17.8 Å². The predicted molar refractivity (Wildman–Crippen MR) is 92.5 cm³/mol. The summed E-state index contributed by atoms with van der Waals surface area (Å²) in [6.07, 6.45) is -0.955. The summed E-state index contributed by atoms with van der Waals surface area (Å²) < 4.78 is 13.7. The third-order valence-electron chi connectivity index (χ3n) is 3.18. The molecule has 0 saturated heterocycles. The summed E-state index contributed by atoms with van der Waals surface area (Å²) in [6, 6.07) is 11.3. The molecule has 3 N–H and O–H groups in total. The van der Waals surface area contributed by atoms with E-state index in [0.717, 1.165) is 5.56 Å². The summed E-state index contributed by atoms with van der Waals surface area (Å²) in [7, 11) is 0. The Bertz CT molecular complexity index is 780. The van der Waals surface area contributed by atoms with Crippen molar-refractivity contribution >= 4 is 29.0 Å². The van der Waals surface area contributed by atoms with Crippen LogP contribution in [0.15, 0.2) is 47.6 Å². The van der Waals surface area contributed by atoms with Crippen LogP contribution in [0.3, 0.4) is 0 Å². The van der Waals surface area contributed by atoms with E-state index in [-0.39, 0.29) is 11.5 Å². The first kappa shape index (κ1) is 17.7. The van der Waals surface area contributed by atoms with Crippen molar-refractivity contribution in [1.82, 2.24) is 0 Å². The van der Waals surface area contributed by atoms with Gasteiger partial charge in [-0.2, -0.15) is 0 Å². The lowest BCUT2D eigenvalue weighted by Gasteiger charge is -2.12. The number of hydrogen-bond donors (Lipinski definition) is 2. The monoisotopic (exact) mass is 349 g/mol. The van der Waals surface area contributed by atoms with Crippen LogP contribution >= 0.6 is 11.6 Å². The van der Waals surface area contributed by atoms with Gasteiger partial charge in [0, 0.05) is 10.6 Å². The van der Waals surface area contributed by atoms with Gasteiger partial charge in [-0.25, -0.2) is 4.39 Å². The zero-order chi connectivity index (χ0) is 17.7. The molecule has 0 bridgehead atoms. The topological polar surface area (TPSA) is 76.7 Å². The SMILES string of the molecule is Cc1ccc(NC(=O)C(C)ON=C(N)c2cccc(Cl)c2)c(F)c1. The first-order valence-electron chi connectivity index (χ1n) is 7.19. The van der Waals surface area contributed by atoms with Gasteiger partial charge in [0.25, 0.3) is 5.91 Å². The minimum Gasteiger partial charge on any atom is -0.381 e. The van der Waals surface area contributed by atoms with Gasteiger partial charge >= 0.3 is 0 Å². The lowest BCUT2D eigenvalue weighted by molar-refractivity contribution is -0.126. The van der Waals surface area contributed by atoms with Gasteiger partial charge in [-0.3, -0.25) is 4.79 Å². The second-order valence-electron chi connectivity index (χ2n) is 5.21. The van der Waals surface area contributed by atoms with Crippen LogP contribution < -0.4 is 11.1 Å². The van der Waals surface area contributed by atoms with Crippen LogP contribution in [-0.4, -0.2) is 17.8 Å². The lowest BCUT2D eigenvalue weighted by Crippen LogP contribution is -2.28. The molecule has 0 heterocycles. The van der Waals surface area contributed by atoms with Gasteiger partial charge in [-0.05, 0) is 43.7 Å². The molecule has 0 aliphatic rings. The number of nitrogens with zero attached hydrogens (tertiary/aromatic N) is 1. The molecule has 2 aromatic carbocycles. The second kappa shape index (κ2) is 7.79. The number of halogens is 2. The molecule has 1 atom stereocenters. The highest BCUT2D eigenvalue weighted by Crippen LogP contribution is 2.16. The number of nitrogens with two attached hydrogens (primary N) is 1. The van der Waals surface area contributed by atoms with E-state index in [9.17, 15) is 9.18 Å². The Kier molecular flexibility index (Phi) is 5.76. The normalized spacial score (nSPS) is 12.6. The van der Waals surface area contributed by atoms with Crippen molar-refractivity contribution in [3.63, 3.8) is 0 Å². The smallest absolute Gasteiger partial charge is 0.268 e. The second-order valence-corrected chi connectivity index (χ2v) is 5.64. The van der Waals surface area contributed by atoms with Crippen molar-refractivity contribution in [2.45, 2.75) is 20.0 Å². The van der Waals surface area contributed by atoms with Gasteiger partial charge in [-0.15, -0.1) is 0 Å². The minimum atomic E-state index is -0.955. The van der Waals surface area contributed by atoms with Crippen LogP contribution in [0.4, 0.5) is 10.1 Å². The number of benzene rings is 2. The van der Waals surface area contributed by atoms with Gasteiger partial charge in [0.05, 0.1) is 5.69 Å². The van der Waals surface area contributed by atoms with Crippen LogP contribution in [0.2, 0.25) is 5.02 Å². The van der Waals surface area contributed by atoms with Crippen molar-refractivity contribution in [2.24, 2.45) is 10.9 Å². The molecule has 2 aromatic rings. The Balaban J connectivity index is 1.99. The molecule has 0 fully saturated rings. The highest BCUT2D eigenvalue weighted by Gasteiger charge is 2.16. The van der Waals surface area contributed by atoms with Crippen LogP contribution in [0.1, 0.15) is 18.1 Å². The Morgan fingerprint density at radius 2 is 2.08 bits per heavy atom. The number of amidine groups is 1. The van der Waals surface area contributed by atoms with E-state index in [4.69, 9.17) is 22.2 Å². The first-order valence-corrected chi connectivity index (χ1v) is 7.57. The van der Waals surface area contributed by atoms with Crippen molar-refractivity contribution in [2.75, 3.05) is 5.32 Å². The molecule has 0 radical (unpaired) electrons. The van der Waals surface area contributed by atoms with Gasteiger partial charge in [-0.1, -0.05) is 35.0 Å². The molecule has 7 heteroatoms. The molecular weight excluding hydrogens is 333 g/mol. The molecular formula is C17H17ClFN3O2. The standard InChI is InChI=1S/C17H17ClFN3O2/c1-10-6-7-15(14(19)8-10)21-17(23)11(2)24-22-16(20)12-4-3-5-13(18)9-12/h3-9,11H,1-2H3,(H2,20,22)(H,21,23). The number of oxime groups is 1. The number of carbonyl (C=O) groups is 1. The van der Waals surface area contributed by atoms with Crippen molar-refractivity contribution in [3.8, 4) is 0 Å². The number of nitrogens with one attached hydrogen (secondary N) is 1. The number of hydrogen-bond acceptors (Lipinski definition) is 3. The van der Waals surface area contributed by atoms with Crippen LogP contribution in [0.25, 0.3) is 0 Å². The molecule has 0 aromatic heterocycles. The fourth-order valence-corrected chi connectivity index (χ4v) is 2.03. The molecule has 1 amide bonds. The molecule has 24 heavy (non-hydrogen) atoms. The maximum Gasteiger partial charge on any atom is 0.268 e. The largest absolute Gasteiger partial charge is 0.381 e. The molecule has 126 valence electrons. The van der Waals surface area contributed by atoms with Crippen LogP contribution in [0.5, 0.6) is 0 Å². The van der Waals surface area contributed by atoms with Gasteiger partial charge in [0.15, 0.2) is 5.84 Å². The number of carbonyl (C=O) groups excluding carboxylic acids is 1. The average molecular weight is 350 g/mol. The van der Waals surface area contributed by atoms with E-state index in [2.05, 4.69) is 10.5 Å². The van der Waals surface area contributed by atoms with Gasteiger partial charge in [0.2, 0.25) is 6.10 Å². The molecule has 2 rings (SSSR count). The molecule has 0 aliphatic carbocycles.